The Morgan fingerprint density at radius 2 is 1.33 bits per heavy atom. The highest BCUT2D eigenvalue weighted by molar-refractivity contribution is 7.79. The van der Waals surface area contributed by atoms with Crippen LogP contribution in [0.2, 0.25) is 0 Å². The molecule has 0 aliphatic heterocycles. The Balaban J connectivity index is 0. The van der Waals surface area contributed by atoms with Gasteiger partial charge in [0.15, 0.2) is 0 Å². The third-order valence-electron chi connectivity index (χ3n) is 1.22. The summed E-state index contributed by atoms with van der Waals surface area (Å²) >= 11 is 0. The third kappa shape index (κ3) is 36.1. The molecule has 8 nitrogen and oxygen atoms in total. The van der Waals surface area contributed by atoms with Crippen LogP contribution >= 0.6 is 0 Å². The molecule has 0 amide bonds. The van der Waals surface area contributed by atoms with Crippen molar-refractivity contribution in [3.8, 4) is 0 Å². The highest BCUT2D eigenvalue weighted by Gasteiger charge is 1.89. The lowest BCUT2D eigenvalue weighted by molar-refractivity contribution is 0.0117. The van der Waals surface area contributed by atoms with Crippen molar-refractivity contribution >= 4 is 10.4 Å². The molecule has 0 aromatic heterocycles. The minimum absolute atomic E-state index is 0.0580. The van der Waals surface area contributed by atoms with Gasteiger partial charge in [-0.25, -0.2) is 0 Å². The first-order chi connectivity index (χ1) is 8.41. The molecule has 110 valence electrons. The van der Waals surface area contributed by atoms with Gasteiger partial charge in [-0.15, -0.1) is 6.58 Å². The molecule has 9 heteroatoms. The van der Waals surface area contributed by atoms with Crippen molar-refractivity contribution in [2.24, 2.45) is 0 Å². The number of ether oxygens (including phenoxy) is 3. The lowest BCUT2D eigenvalue weighted by atomic mass is 10.6. The molecular weight excluding hydrogens is 268 g/mol. The van der Waals surface area contributed by atoms with Crippen LogP contribution < -0.4 is 0 Å². The maximum atomic E-state index is 8.74. The molecule has 0 rings (SSSR count). The summed E-state index contributed by atoms with van der Waals surface area (Å²) in [6, 6.07) is 0. The highest BCUT2D eigenvalue weighted by atomic mass is 32.3. The summed E-state index contributed by atoms with van der Waals surface area (Å²) in [6.45, 7) is 6.70. The van der Waals surface area contributed by atoms with Crippen LogP contribution in [-0.2, 0) is 24.6 Å². The van der Waals surface area contributed by atoms with Gasteiger partial charge in [0.25, 0.3) is 0 Å². The van der Waals surface area contributed by atoms with Gasteiger partial charge in [0, 0.05) is 0 Å². The quantitative estimate of drug-likeness (QED) is 0.281. The maximum absolute atomic E-state index is 8.74. The van der Waals surface area contributed by atoms with Crippen molar-refractivity contribution in [3.05, 3.63) is 12.7 Å². The fourth-order valence-electron chi connectivity index (χ4n) is 0.671. The van der Waals surface area contributed by atoms with Crippen molar-refractivity contribution in [2.75, 3.05) is 46.2 Å². The van der Waals surface area contributed by atoms with Crippen molar-refractivity contribution in [2.45, 2.75) is 0 Å². The minimum Gasteiger partial charge on any atom is -0.394 e. The molecule has 0 aliphatic carbocycles. The van der Waals surface area contributed by atoms with Gasteiger partial charge in [-0.1, -0.05) is 6.08 Å². The Morgan fingerprint density at radius 3 is 1.72 bits per heavy atom. The van der Waals surface area contributed by atoms with Crippen LogP contribution in [0.25, 0.3) is 0 Å². The Bertz CT molecular complexity index is 256. The monoisotopic (exact) mass is 288 g/mol. The van der Waals surface area contributed by atoms with Crippen LogP contribution in [0.5, 0.6) is 0 Å². The van der Waals surface area contributed by atoms with Gasteiger partial charge < -0.3 is 19.3 Å². The lowest BCUT2D eigenvalue weighted by Crippen LogP contribution is -2.10. The van der Waals surface area contributed by atoms with E-state index in [-0.39, 0.29) is 6.61 Å². The first kappa shape index (κ1) is 19.8. The Hall–Kier alpha value is -0.550. The molecule has 3 N–H and O–H groups in total. The van der Waals surface area contributed by atoms with Crippen molar-refractivity contribution in [1.82, 2.24) is 0 Å². The standard InChI is InChI=1S/C9H18O4.H2O4S/c1-2-4-11-6-8-13-9-7-12-5-3-10;1-5(2,3)4/h2,10H,1,3-9H2;(H2,1,2,3,4). The van der Waals surface area contributed by atoms with Crippen LogP contribution in [0.4, 0.5) is 0 Å². The molecule has 0 spiro atoms. The fourth-order valence-corrected chi connectivity index (χ4v) is 0.671. The van der Waals surface area contributed by atoms with Crippen LogP contribution in [-0.4, -0.2) is 68.9 Å². The second-order valence-electron chi connectivity index (χ2n) is 2.76. The van der Waals surface area contributed by atoms with E-state index in [1.165, 1.54) is 0 Å². The number of aliphatic hydroxyl groups is 1. The van der Waals surface area contributed by atoms with Crippen LogP contribution in [0.1, 0.15) is 0 Å². The predicted molar refractivity (Wildman–Crippen MR) is 63.9 cm³/mol. The molecule has 18 heavy (non-hydrogen) atoms. The second-order valence-corrected chi connectivity index (χ2v) is 3.66. The normalized spacial score (nSPS) is 10.6. The minimum atomic E-state index is -4.67. The molecule has 0 fully saturated rings. The summed E-state index contributed by atoms with van der Waals surface area (Å²) in [5, 5.41) is 8.37. The molecular formula is C9H20O8S. The smallest absolute Gasteiger partial charge is 0.394 e. The first-order valence-electron chi connectivity index (χ1n) is 5.06. The zero-order valence-corrected chi connectivity index (χ0v) is 10.8. The van der Waals surface area contributed by atoms with E-state index in [0.29, 0.717) is 39.6 Å². The maximum Gasteiger partial charge on any atom is 0.394 e. The third-order valence-corrected chi connectivity index (χ3v) is 1.22. The molecule has 0 radical (unpaired) electrons. The van der Waals surface area contributed by atoms with E-state index >= 15 is 0 Å². The molecule has 0 bridgehead atoms. The van der Waals surface area contributed by atoms with E-state index in [4.69, 9.17) is 36.8 Å². The van der Waals surface area contributed by atoms with Crippen LogP contribution in [0, 0.1) is 0 Å². The molecule has 0 heterocycles. The molecule has 0 saturated heterocycles. The van der Waals surface area contributed by atoms with E-state index in [1.807, 2.05) is 0 Å². The van der Waals surface area contributed by atoms with Crippen LogP contribution in [0.15, 0.2) is 12.7 Å². The van der Waals surface area contributed by atoms with Gasteiger partial charge in [0.05, 0.1) is 46.2 Å². The molecule has 0 atom stereocenters. The largest absolute Gasteiger partial charge is 0.394 e. The van der Waals surface area contributed by atoms with Crippen molar-refractivity contribution in [1.29, 1.82) is 0 Å². The molecule has 0 aromatic carbocycles. The van der Waals surface area contributed by atoms with Gasteiger partial charge >= 0.3 is 10.4 Å². The van der Waals surface area contributed by atoms with Gasteiger partial charge in [-0.3, -0.25) is 9.11 Å². The second kappa shape index (κ2) is 14.5. The molecule has 0 saturated carbocycles. The van der Waals surface area contributed by atoms with E-state index in [0.717, 1.165) is 0 Å². The number of hydrogen-bond donors (Lipinski definition) is 3. The Kier molecular flexibility index (Phi) is 15.9. The summed E-state index contributed by atoms with van der Waals surface area (Å²) in [5.41, 5.74) is 0. The van der Waals surface area contributed by atoms with E-state index in [2.05, 4.69) is 6.58 Å². The summed E-state index contributed by atoms with van der Waals surface area (Å²) < 4.78 is 46.8. The summed E-state index contributed by atoms with van der Waals surface area (Å²) in [7, 11) is -4.67. The number of aliphatic hydroxyl groups excluding tert-OH is 1. The van der Waals surface area contributed by atoms with E-state index in [9.17, 15) is 0 Å². The number of rotatable bonds is 10. The molecule has 0 unspecified atom stereocenters. The van der Waals surface area contributed by atoms with E-state index in [1.54, 1.807) is 6.08 Å². The first-order valence-corrected chi connectivity index (χ1v) is 6.46. The Labute approximate surface area is 107 Å². The predicted octanol–water partition coefficient (Wildman–Crippen LogP) is -0.438. The van der Waals surface area contributed by atoms with Gasteiger partial charge in [-0.2, -0.15) is 8.42 Å². The fraction of sp³-hybridized carbons (Fsp3) is 0.778. The van der Waals surface area contributed by atoms with Crippen LogP contribution in [0.3, 0.4) is 0 Å². The van der Waals surface area contributed by atoms with Crippen molar-refractivity contribution < 1.29 is 36.8 Å². The zero-order chi connectivity index (χ0) is 14.3. The van der Waals surface area contributed by atoms with Crippen molar-refractivity contribution in [3.63, 3.8) is 0 Å². The lowest BCUT2D eigenvalue weighted by Gasteiger charge is -2.04. The topological polar surface area (TPSA) is 123 Å². The number of hydrogen-bond acceptors (Lipinski definition) is 6. The summed E-state index contributed by atoms with van der Waals surface area (Å²) in [5.74, 6) is 0. The SMILES string of the molecule is C=CCOCCOCCOCCO.O=S(=O)(O)O. The molecule has 0 aromatic rings. The average molecular weight is 288 g/mol. The summed E-state index contributed by atoms with van der Waals surface area (Å²) in [4.78, 5) is 0. The highest BCUT2D eigenvalue weighted by Crippen LogP contribution is 1.80. The van der Waals surface area contributed by atoms with Gasteiger partial charge in [0.2, 0.25) is 0 Å². The van der Waals surface area contributed by atoms with Gasteiger partial charge in [-0.05, 0) is 0 Å². The summed E-state index contributed by atoms with van der Waals surface area (Å²) in [6.07, 6.45) is 1.70. The van der Waals surface area contributed by atoms with Gasteiger partial charge in [0.1, 0.15) is 0 Å². The Morgan fingerprint density at radius 1 is 0.944 bits per heavy atom. The van der Waals surface area contributed by atoms with E-state index < -0.39 is 10.4 Å². The molecule has 0 aliphatic rings. The zero-order valence-electron chi connectivity index (χ0n) is 10.0. The average Bonchev–Trinajstić information content (AvgIpc) is 2.25.